The summed E-state index contributed by atoms with van der Waals surface area (Å²) in [5.41, 5.74) is 0.774. The van der Waals surface area contributed by atoms with Crippen LogP contribution in [0.15, 0.2) is 53.5 Å². The fraction of sp³-hybridized carbons (Fsp3) is 0.316. The van der Waals surface area contributed by atoms with Crippen molar-refractivity contribution in [3.8, 4) is 11.5 Å². The monoisotopic (exact) mass is 345 g/mol. The Kier molecular flexibility index (Phi) is 7.56. The van der Waals surface area contributed by atoms with E-state index in [1.54, 1.807) is 12.1 Å². The highest BCUT2D eigenvalue weighted by molar-refractivity contribution is 5.79. The Bertz CT molecular complexity index is 678. The number of nitrogens with one attached hydrogen (secondary N) is 2. The first-order valence-electron chi connectivity index (χ1n) is 8.25. The molecule has 2 rings (SSSR count). The molecule has 0 spiro atoms. The van der Waals surface area contributed by atoms with Gasteiger partial charge in [0.1, 0.15) is 12.4 Å². The lowest BCUT2D eigenvalue weighted by molar-refractivity contribution is 0.322. The number of nitrogens with zero attached hydrogens (tertiary/aromatic N) is 1. The van der Waals surface area contributed by atoms with Gasteiger partial charge in [0.25, 0.3) is 0 Å². The molecule has 0 heterocycles. The minimum Gasteiger partial charge on any atom is -0.494 e. The van der Waals surface area contributed by atoms with E-state index < -0.39 is 0 Å². The summed E-state index contributed by atoms with van der Waals surface area (Å²) in [5.74, 6) is 1.34. The Morgan fingerprint density at radius 1 is 1.12 bits per heavy atom. The predicted octanol–water partition coefficient (Wildman–Crippen LogP) is 2.97. The molecule has 0 radical (unpaired) electrons. The molecular formula is C19H24FN3O2. The lowest BCUT2D eigenvalue weighted by Crippen LogP contribution is -2.39. The van der Waals surface area contributed by atoms with Crippen molar-refractivity contribution in [2.24, 2.45) is 4.99 Å². The van der Waals surface area contributed by atoms with E-state index in [1.165, 1.54) is 13.2 Å². The first-order chi connectivity index (χ1) is 12.2. The summed E-state index contributed by atoms with van der Waals surface area (Å²) in [4.78, 5) is 4.46. The lowest BCUT2D eigenvalue weighted by Gasteiger charge is -2.12. The van der Waals surface area contributed by atoms with Crippen LogP contribution in [0.1, 0.15) is 12.5 Å². The van der Waals surface area contributed by atoms with Crippen molar-refractivity contribution in [3.05, 3.63) is 59.9 Å². The molecule has 134 valence electrons. The highest BCUT2D eigenvalue weighted by atomic mass is 19.1. The third-order valence-electron chi connectivity index (χ3n) is 3.39. The second-order valence-electron chi connectivity index (χ2n) is 5.25. The molecule has 0 bridgehead atoms. The third kappa shape index (κ3) is 6.33. The summed E-state index contributed by atoms with van der Waals surface area (Å²) in [7, 11) is 1.45. The van der Waals surface area contributed by atoms with E-state index in [4.69, 9.17) is 9.47 Å². The van der Waals surface area contributed by atoms with Crippen molar-refractivity contribution in [3.63, 3.8) is 0 Å². The minimum atomic E-state index is -0.385. The van der Waals surface area contributed by atoms with Crippen LogP contribution in [-0.2, 0) is 6.54 Å². The van der Waals surface area contributed by atoms with E-state index in [0.717, 1.165) is 17.9 Å². The van der Waals surface area contributed by atoms with Gasteiger partial charge >= 0.3 is 0 Å². The Balaban J connectivity index is 1.84. The SMILES string of the molecule is CCNC(=NCc1ccc(OC)c(F)c1)NCCOc1ccccc1. The molecule has 0 aliphatic carbocycles. The van der Waals surface area contributed by atoms with Crippen molar-refractivity contribution >= 4 is 5.96 Å². The van der Waals surface area contributed by atoms with Gasteiger partial charge in [-0.15, -0.1) is 0 Å². The van der Waals surface area contributed by atoms with Gasteiger partial charge in [0.15, 0.2) is 17.5 Å². The van der Waals surface area contributed by atoms with Crippen LogP contribution in [0, 0.1) is 5.82 Å². The third-order valence-corrected chi connectivity index (χ3v) is 3.39. The molecule has 0 atom stereocenters. The second-order valence-corrected chi connectivity index (χ2v) is 5.25. The Morgan fingerprint density at radius 3 is 2.60 bits per heavy atom. The van der Waals surface area contributed by atoms with Crippen LogP contribution >= 0.6 is 0 Å². The molecule has 2 aromatic rings. The van der Waals surface area contributed by atoms with Crippen LogP contribution in [0.4, 0.5) is 4.39 Å². The number of methoxy groups -OCH3 is 1. The molecule has 25 heavy (non-hydrogen) atoms. The number of aliphatic imine (C=N–C) groups is 1. The molecule has 5 nitrogen and oxygen atoms in total. The molecule has 6 heteroatoms. The molecule has 0 aromatic heterocycles. The van der Waals surface area contributed by atoms with Gasteiger partial charge in [-0.1, -0.05) is 24.3 Å². The largest absolute Gasteiger partial charge is 0.494 e. The number of rotatable bonds is 8. The van der Waals surface area contributed by atoms with Crippen molar-refractivity contribution in [2.45, 2.75) is 13.5 Å². The van der Waals surface area contributed by atoms with Crippen LogP contribution in [-0.4, -0.2) is 32.8 Å². The van der Waals surface area contributed by atoms with E-state index >= 15 is 0 Å². The summed E-state index contributed by atoms with van der Waals surface area (Å²) < 4.78 is 24.3. The molecular weight excluding hydrogens is 321 g/mol. The maximum Gasteiger partial charge on any atom is 0.191 e. The maximum atomic E-state index is 13.7. The van der Waals surface area contributed by atoms with Crippen LogP contribution in [0.5, 0.6) is 11.5 Å². The Morgan fingerprint density at radius 2 is 1.92 bits per heavy atom. The van der Waals surface area contributed by atoms with E-state index in [2.05, 4.69) is 15.6 Å². The highest BCUT2D eigenvalue weighted by Crippen LogP contribution is 2.18. The summed E-state index contributed by atoms with van der Waals surface area (Å²) >= 11 is 0. The lowest BCUT2D eigenvalue weighted by atomic mass is 10.2. The smallest absolute Gasteiger partial charge is 0.191 e. The van der Waals surface area contributed by atoms with Gasteiger partial charge < -0.3 is 20.1 Å². The molecule has 2 aromatic carbocycles. The standard InChI is InChI=1S/C19H24FN3O2/c1-3-21-19(22-11-12-25-16-7-5-4-6-8-16)23-14-15-9-10-18(24-2)17(20)13-15/h4-10,13H,3,11-12,14H2,1-2H3,(H2,21,22,23). The maximum absolute atomic E-state index is 13.7. The fourth-order valence-corrected chi connectivity index (χ4v) is 2.18. The van der Waals surface area contributed by atoms with Crippen molar-refractivity contribution in [1.29, 1.82) is 0 Å². The van der Waals surface area contributed by atoms with Gasteiger partial charge in [-0.05, 0) is 36.8 Å². The molecule has 0 saturated carbocycles. The molecule has 0 amide bonds. The first kappa shape index (κ1) is 18.6. The van der Waals surface area contributed by atoms with Gasteiger partial charge in [-0.3, -0.25) is 0 Å². The number of hydrogen-bond acceptors (Lipinski definition) is 3. The number of hydrogen-bond donors (Lipinski definition) is 2. The number of guanidine groups is 1. The van der Waals surface area contributed by atoms with Crippen molar-refractivity contribution in [2.75, 3.05) is 26.8 Å². The molecule has 0 aliphatic heterocycles. The molecule has 2 N–H and O–H groups in total. The number of ether oxygens (including phenoxy) is 2. The van der Waals surface area contributed by atoms with Crippen LogP contribution in [0.2, 0.25) is 0 Å². The Hall–Kier alpha value is -2.76. The molecule has 0 saturated heterocycles. The van der Waals surface area contributed by atoms with Gasteiger partial charge in [0.05, 0.1) is 20.2 Å². The summed E-state index contributed by atoms with van der Waals surface area (Å²) in [6, 6.07) is 14.5. The van der Waals surface area contributed by atoms with E-state index in [9.17, 15) is 4.39 Å². The molecule has 0 fully saturated rings. The first-order valence-corrected chi connectivity index (χ1v) is 8.25. The summed E-state index contributed by atoms with van der Waals surface area (Å²) in [6.45, 7) is 4.23. The van der Waals surface area contributed by atoms with E-state index in [1.807, 2.05) is 37.3 Å². The number of halogens is 1. The highest BCUT2D eigenvalue weighted by Gasteiger charge is 2.04. The van der Waals surface area contributed by atoms with Crippen LogP contribution in [0.25, 0.3) is 0 Å². The second kappa shape index (κ2) is 10.2. The van der Waals surface area contributed by atoms with Gasteiger partial charge in [-0.25, -0.2) is 9.38 Å². The Labute approximate surface area is 147 Å². The zero-order valence-corrected chi connectivity index (χ0v) is 14.6. The van der Waals surface area contributed by atoms with Crippen LogP contribution < -0.4 is 20.1 Å². The number of benzene rings is 2. The number of para-hydroxylation sites is 1. The normalized spacial score (nSPS) is 11.1. The molecule has 0 aliphatic rings. The summed E-state index contributed by atoms with van der Waals surface area (Å²) in [6.07, 6.45) is 0. The molecule has 0 unspecified atom stereocenters. The average Bonchev–Trinajstić information content (AvgIpc) is 2.64. The van der Waals surface area contributed by atoms with Gasteiger partial charge in [0.2, 0.25) is 0 Å². The van der Waals surface area contributed by atoms with Crippen LogP contribution in [0.3, 0.4) is 0 Å². The van der Waals surface area contributed by atoms with Gasteiger partial charge in [-0.2, -0.15) is 0 Å². The fourth-order valence-electron chi connectivity index (χ4n) is 2.18. The van der Waals surface area contributed by atoms with Crippen molar-refractivity contribution < 1.29 is 13.9 Å². The van der Waals surface area contributed by atoms with Crippen molar-refractivity contribution in [1.82, 2.24) is 10.6 Å². The quantitative estimate of drug-likeness (QED) is 0.439. The van der Waals surface area contributed by atoms with Gasteiger partial charge in [0, 0.05) is 6.54 Å². The predicted molar refractivity (Wildman–Crippen MR) is 97.7 cm³/mol. The summed E-state index contributed by atoms with van der Waals surface area (Å²) in [5, 5.41) is 6.35. The zero-order chi connectivity index (χ0) is 17.9. The minimum absolute atomic E-state index is 0.232. The van der Waals surface area contributed by atoms with E-state index in [0.29, 0.717) is 25.7 Å². The average molecular weight is 345 g/mol. The topological polar surface area (TPSA) is 54.9 Å². The van der Waals surface area contributed by atoms with E-state index in [-0.39, 0.29) is 11.6 Å². The zero-order valence-electron chi connectivity index (χ0n) is 14.6.